The third-order valence-corrected chi connectivity index (χ3v) is 3.54. The number of aryl methyl sites for hydroxylation is 1. The average molecular weight is 318 g/mol. The van der Waals surface area contributed by atoms with Crippen molar-refractivity contribution in [2.45, 2.75) is 46.1 Å². The SMILES string of the molecule is CN=C(NCCC(=O)NC(C)C)NCC(C)c1ccc(C)cc1. The molecule has 1 rings (SSSR count). The van der Waals surface area contributed by atoms with Crippen LogP contribution in [0.4, 0.5) is 0 Å². The van der Waals surface area contributed by atoms with E-state index in [0.717, 1.165) is 12.5 Å². The summed E-state index contributed by atoms with van der Waals surface area (Å²) in [5.41, 5.74) is 2.57. The number of carbonyl (C=O) groups excluding carboxylic acids is 1. The summed E-state index contributed by atoms with van der Waals surface area (Å²) in [4.78, 5) is 15.8. The zero-order chi connectivity index (χ0) is 17.2. The Morgan fingerprint density at radius 1 is 1.13 bits per heavy atom. The number of nitrogens with zero attached hydrogens (tertiary/aromatic N) is 1. The van der Waals surface area contributed by atoms with Gasteiger partial charge in [0.2, 0.25) is 5.91 Å². The summed E-state index contributed by atoms with van der Waals surface area (Å²) >= 11 is 0. The summed E-state index contributed by atoms with van der Waals surface area (Å²) in [6.45, 7) is 9.55. The van der Waals surface area contributed by atoms with Crippen molar-refractivity contribution in [3.63, 3.8) is 0 Å². The fourth-order valence-electron chi connectivity index (χ4n) is 2.17. The number of hydrogen-bond donors (Lipinski definition) is 3. The van der Waals surface area contributed by atoms with E-state index in [4.69, 9.17) is 0 Å². The Morgan fingerprint density at radius 2 is 1.78 bits per heavy atom. The number of aliphatic imine (C=N–C) groups is 1. The average Bonchev–Trinajstić information content (AvgIpc) is 2.50. The first kappa shape index (κ1) is 19.0. The molecule has 5 heteroatoms. The zero-order valence-corrected chi connectivity index (χ0v) is 14.9. The lowest BCUT2D eigenvalue weighted by Crippen LogP contribution is -2.41. The fourth-order valence-corrected chi connectivity index (χ4v) is 2.17. The number of amides is 1. The summed E-state index contributed by atoms with van der Waals surface area (Å²) in [6.07, 6.45) is 0.437. The highest BCUT2D eigenvalue weighted by molar-refractivity contribution is 5.81. The van der Waals surface area contributed by atoms with Crippen molar-refractivity contribution in [3.05, 3.63) is 35.4 Å². The number of hydrogen-bond acceptors (Lipinski definition) is 2. The van der Waals surface area contributed by atoms with Crippen LogP contribution in [-0.4, -0.2) is 38.0 Å². The molecule has 0 bridgehead atoms. The van der Waals surface area contributed by atoms with Gasteiger partial charge < -0.3 is 16.0 Å². The second-order valence-corrected chi connectivity index (χ2v) is 6.16. The molecule has 1 amide bonds. The molecule has 23 heavy (non-hydrogen) atoms. The van der Waals surface area contributed by atoms with E-state index in [9.17, 15) is 4.79 Å². The Bertz CT molecular complexity index is 508. The quantitative estimate of drug-likeness (QED) is 0.533. The van der Waals surface area contributed by atoms with Crippen LogP contribution in [0.1, 0.15) is 44.2 Å². The molecule has 0 heterocycles. The highest BCUT2D eigenvalue weighted by atomic mass is 16.1. The summed E-state index contributed by atoms with van der Waals surface area (Å²) in [5.74, 6) is 1.16. The molecule has 1 aromatic carbocycles. The van der Waals surface area contributed by atoms with Gasteiger partial charge in [-0.05, 0) is 32.3 Å². The van der Waals surface area contributed by atoms with Crippen LogP contribution in [0, 0.1) is 6.92 Å². The maximum absolute atomic E-state index is 11.6. The van der Waals surface area contributed by atoms with Gasteiger partial charge >= 0.3 is 0 Å². The molecule has 3 N–H and O–H groups in total. The first-order valence-electron chi connectivity index (χ1n) is 8.22. The van der Waals surface area contributed by atoms with Crippen molar-refractivity contribution in [2.24, 2.45) is 4.99 Å². The van der Waals surface area contributed by atoms with Gasteiger partial charge in [-0.25, -0.2) is 0 Å². The number of carbonyl (C=O) groups is 1. The molecule has 0 spiro atoms. The maximum Gasteiger partial charge on any atom is 0.221 e. The van der Waals surface area contributed by atoms with Gasteiger partial charge in [-0.2, -0.15) is 0 Å². The van der Waals surface area contributed by atoms with E-state index < -0.39 is 0 Å². The van der Waals surface area contributed by atoms with E-state index in [0.29, 0.717) is 18.9 Å². The highest BCUT2D eigenvalue weighted by Gasteiger charge is 2.07. The van der Waals surface area contributed by atoms with Gasteiger partial charge in [0, 0.05) is 32.6 Å². The first-order valence-corrected chi connectivity index (χ1v) is 8.22. The van der Waals surface area contributed by atoms with Gasteiger partial charge in [-0.1, -0.05) is 36.8 Å². The molecule has 1 atom stereocenters. The van der Waals surface area contributed by atoms with Crippen LogP contribution >= 0.6 is 0 Å². The van der Waals surface area contributed by atoms with Crippen LogP contribution < -0.4 is 16.0 Å². The van der Waals surface area contributed by atoms with Crippen molar-refractivity contribution in [3.8, 4) is 0 Å². The molecule has 1 unspecified atom stereocenters. The number of benzene rings is 1. The molecule has 0 fully saturated rings. The van der Waals surface area contributed by atoms with Crippen molar-refractivity contribution >= 4 is 11.9 Å². The Balaban J connectivity index is 2.33. The largest absolute Gasteiger partial charge is 0.356 e. The minimum absolute atomic E-state index is 0.0518. The minimum atomic E-state index is 0.0518. The van der Waals surface area contributed by atoms with Gasteiger partial charge in [0.1, 0.15) is 0 Å². The summed E-state index contributed by atoms with van der Waals surface area (Å²) in [5, 5.41) is 9.34. The van der Waals surface area contributed by atoms with Crippen LogP contribution in [0.25, 0.3) is 0 Å². The number of rotatable bonds is 7. The van der Waals surface area contributed by atoms with Crippen LogP contribution in [0.2, 0.25) is 0 Å². The summed E-state index contributed by atoms with van der Waals surface area (Å²) < 4.78 is 0. The van der Waals surface area contributed by atoms with Gasteiger partial charge in [0.15, 0.2) is 5.96 Å². The van der Waals surface area contributed by atoms with Gasteiger partial charge in [0.25, 0.3) is 0 Å². The molecule has 1 aromatic rings. The highest BCUT2D eigenvalue weighted by Crippen LogP contribution is 2.14. The van der Waals surface area contributed by atoms with E-state index in [1.165, 1.54) is 11.1 Å². The van der Waals surface area contributed by atoms with E-state index in [1.54, 1.807) is 7.05 Å². The van der Waals surface area contributed by atoms with Gasteiger partial charge in [-0.15, -0.1) is 0 Å². The molecule has 0 aromatic heterocycles. The van der Waals surface area contributed by atoms with Crippen LogP contribution in [0.15, 0.2) is 29.3 Å². The molecule has 0 aliphatic carbocycles. The zero-order valence-electron chi connectivity index (χ0n) is 14.9. The lowest BCUT2D eigenvalue weighted by atomic mass is 10.0. The molecular formula is C18H30N4O. The lowest BCUT2D eigenvalue weighted by molar-refractivity contribution is -0.121. The molecule has 0 aliphatic rings. The molecule has 0 saturated heterocycles. The van der Waals surface area contributed by atoms with Crippen LogP contribution in [0.5, 0.6) is 0 Å². The number of nitrogens with one attached hydrogen (secondary N) is 3. The van der Waals surface area contributed by atoms with Crippen molar-refractivity contribution in [1.29, 1.82) is 0 Å². The Kier molecular flexibility index (Phi) is 8.16. The molecule has 0 radical (unpaired) electrons. The normalized spacial score (nSPS) is 12.9. The third kappa shape index (κ3) is 7.68. The predicted octanol–water partition coefficient (Wildman–Crippen LogP) is 2.18. The van der Waals surface area contributed by atoms with Crippen LogP contribution in [0.3, 0.4) is 0 Å². The predicted molar refractivity (Wildman–Crippen MR) is 96.9 cm³/mol. The first-order chi connectivity index (χ1) is 10.9. The second kappa shape index (κ2) is 9.87. The third-order valence-electron chi connectivity index (χ3n) is 3.54. The standard InChI is InChI=1S/C18H30N4O/c1-13(2)22-17(23)10-11-20-18(19-5)21-12-15(4)16-8-6-14(3)7-9-16/h6-9,13,15H,10-12H2,1-5H3,(H,22,23)(H2,19,20,21). The van der Waals surface area contributed by atoms with Crippen molar-refractivity contribution < 1.29 is 4.79 Å². The monoisotopic (exact) mass is 318 g/mol. The van der Waals surface area contributed by atoms with E-state index in [-0.39, 0.29) is 11.9 Å². The lowest BCUT2D eigenvalue weighted by Gasteiger charge is -2.16. The fraction of sp³-hybridized carbons (Fsp3) is 0.556. The number of guanidine groups is 1. The summed E-state index contributed by atoms with van der Waals surface area (Å²) in [6, 6.07) is 8.76. The minimum Gasteiger partial charge on any atom is -0.356 e. The molecular weight excluding hydrogens is 288 g/mol. The van der Waals surface area contributed by atoms with E-state index in [1.807, 2.05) is 13.8 Å². The van der Waals surface area contributed by atoms with E-state index >= 15 is 0 Å². The van der Waals surface area contributed by atoms with Gasteiger partial charge in [-0.3, -0.25) is 9.79 Å². The smallest absolute Gasteiger partial charge is 0.221 e. The summed E-state index contributed by atoms with van der Waals surface area (Å²) in [7, 11) is 1.74. The van der Waals surface area contributed by atoms with Crippen molar-refractivity contribution in [1.82, 2.24) is 16.0 Å². The van der Waals surface area contributed by atoms with Crippen LogP contribution in [-0.2, 0) is 4.79 Å². The maximum atomic E-state index is 11.6. The molecule has 128 valence electrons. The Hall–Kier alpha value is -2.04. The molecule has 0 aliphatic heterocycles. The Labute approximate surface area is 140 Å². The second-order valence-electron chi connectivity index (χ2n) is 6.16. The molecule has 0 saturated carbocycles. The van der Waals surface area contributed by atoms with E-state index in [2.05, 4.69) is 59.1 Å². The topological polar surface area (TPSA) is 65.5 Å². The van der Waals surface area contributed by atoms with Crippen molar-refractivity contribution in [2.75, 3.05) is 20.1 Å². The molecule has 5 nitrogen and oxygen atoms in total. The Morgan fingerprint density at radius 3 is 2.35 bits per heavy atom. The van der Waals surface area contributed by atoms with Gasteiger partial charge in [0.05, 0.1) is 0 Å².